The molecular formula is C15H15N3O2. The molecule has 0 aliphatic carbocycles. The minimum absolute atomic E-state index is 0.0282. The average molecular weight is 269 g/mol. The number of benzene rings is 1. The quantitative estimate of drug-likeness (QED) is 0.821. The van der Waals surface area contributed by atoms with Gasteiger partial charge in [-0.3, -0.25) is 14.2 Å². The number of aryl methyl sites for hydroxylation is 1. The number of para-hydroxylation sites is 1. The van der Waals surface area contributed by atoms with E-state index in [-0.39, 0.29) is 18.0 Å². The fourth-order valence-electron chi connectivity index (χ4n) is 2.46. The lowest BCUT2D eigenvalue weighted by atomic mass is 10.2. The van der Waals surface area contributed by atoms with Gasteiger partial charge in [-0.25, -0.2) is 4.98 Å². The fourth-order valence-corrected chi connectivity index (χ4v) is 2.46. The fraction of sp³-hybridized carbons (Fsp3) is 0.267. The molecule has 1 aliphatic heterocycles. The van der Waals surface area contributed by atoms with E-state index in [0.29, 0.717) is 12.2 Å². The van der Waals surface area contributed by atoms with Gasteiger partial charge in [-0.2, -0.15) is 0 Å². The van der Waals surface area contributed by atoms with Crippen LogP contribution in [0.5, 0.6) is 0 Å². The van der Waals surface area contributed by atoms with E-state index in [2.05, 4.69) is 4.98 Å². The molecule has 1 aromatic carbocycles. The summed E-state index contributed by atoms with van der Waals surface area (Å²) in [4.78, 5) is 29.9. The summed E-state index contributed by atoms with van der Waals surface area (Å²) in [5, 5.41) is 0. The van der Waals surface area contributed by atoms with Gasteiger partial charge in [0.05, 0.1) is 6.33 Å². The van der Waals surface area contributed by atoms with Crippen molar-refractivity contribution in [1.82, 2.24) is 9.55 Å². The van der Waals surface area contributed by atoms with E-state index in [1.54, 1.807) is 11.8 Å². The summed E-state index contributed by atoms with van der Waals surface area (Å²) < 4.78 is 1.34. The van der Waals surface area contributed by atoms with E-state index in [4.69, 9.17) is 0 Å². The van der Waals surface area contributed by atoms with Gasteiger partial charge in [0.15, 0.2) is 0 Å². The summed E-state index contributed by atoms with van der Waals surface area (Å²) in [6, 6.07) is 9.30. The van der Waals surface area contributed by atoms with E-state index in [1.165, 1.54) is 22.5 Å². The number of amides is 1. The number of nitrogens with zero attached hydrogens (tertiary/aromatic N) is 3. The highest BCUT2D eigenvalue weighted by Crippen LogP contribution is 2.27. The average Bonchev–Trinajstić information content (AvgIpc) is 2.86. The zero-order valence-electron chi connectivity index (χ0n) is 11.2. The summed E-state index contributed by atoms with van der Waals surface area (Å²) in [5.41, 5.74) is 2.59. The predicted molar refractivity (Wildman–Crippen MR) is 75.7 cm³/mol. The SMILES string of the molecule is Cc1cc(=O)n(CC(=O)N2CCc3ccccc32)cn1. The number of hydrogen-bond donors (Lipinski definition) is 0. The van der Waals surface area contributed by atoms with Gasteiger partial charge in [0.25, 0.3) is 5.56 Å². The molecule has 0 radical (unpaired) electrons. The Labute approximate surface area is 116 Å². The third-order valence-corrected chi connectivity index (χ3v) is 3.51. The number of hydrogen-bond acceptors (Lipinski definition) is 3. The van der Waals surface area contributed by atoms with Gasteiger partial charge < -0.3 is 4.90 Å². The third kappa shape index (κ3) is 2.22. The molecule has 2 aromatic rings. The van der Waals surface area contributed by atoms with E-state index in [0.717, 1.165) is 12.1 Å². The van der Waals surface area contributed by atoms with Gasteiger partial charge in [-0.05, 0) is 25.0 Å². The first-order valence-electron chi connectivity index (χ1n) is 6.56. The Morgan fingerprint density at radius 3 is 2.95 bits per heavy atom. The van der Waals surface area contributed by atoms with Crippen molar-refractivity contribution in [1.29, 1.82) is 0 Å². The van der Waals surface area contributed by atoms with Crippen LogP contribution in [-0.4, -0.2) is 22.0 Å². The predicted octanol–water partition coefficient (Wildman–Crippen LogP) is 1.14. The first kappa shape index (κ1) is 12.6. The molecule has 0 unspecified atom stereocenters. The van der Waals surface area contributed by atoms with Crippen LogP contribution in [0.2, 0.25) is 0 Å². The Balaban J connectivity index is 1.83. The number of rotatable bonds is 2. The van der Waals surface area contributed by atoms with Crippen LogP contribution < -0.4 is 10.5 Å². The van der Waals surface area contributed by atoms with Gasteiger partial charge in [0, 0.05) is 24.0 Å². The van der Waals surface area contributed by atoms with Gasteiger partial charge in [0.2, 0.25) is 5.91 Å². The second-order valence-corrected chi connectivity index (χ2v) is 4.92. The number of anilines is 1. The van der Waals surface area contributed by atoms with Gasteiger partial charge >= 0.3 is 0 Å². The Bertz CT molecular complexity index is 721. The minimum atomic E-state index is -0.196. The van der Waals surface area contributed by atoms with Crippen LogP contribution in [0.4, 0.5) is 5.69 Å². The van der Waals surface area contributed by atoms with Crippen molar-refractivity contribution in [2.75, 3.05) is 11.4 Å². The molecule has 5 heteroatoms. The zero-order valence-corrected chi connectivity index (χ0v) is 11.2. The molecule has 0 bridgehead atoms. The minimum Gasteiger partial charge on any atom is -0.310 e. The van der Waals surface area contributed by atoms with Gasteiger partial charge in [0.1, 0.15) is 6.54 Å². The molecule has 0 saturated carbocycles. The second kappa shape index (κ2) is 4.92. The molecule has 3 rings (SSSR count). The normalized spacial score (nSPS) is 13.3. The van der Waals surface area contributed by atoms with Crippen LogP contribution in [0.25, 0.3) is 0 Å². The van der Waals surface area contributed by atoms with E-state index in [9.17, 15) is 9.59 Å². The van der Waals surface area contributed by atoms with E-state index in [1.807, 2.05) is 24.3 Å². The van der Waals surface area contributed by atoms with Crippen LogP contribution >= 0.6 is 0 Å². The Hall–Kier alpha value is -2.43. The second-order valence-electron chi connectivity index (χ2n) is 4.92. The highest BCUT2D eigenvalue weighted by Gasteiger charge is 2.24. The molecule has 0 saturated heterocycles. The standard InChI is InChI=1S/C15H15N3O2/c1-11-8-14(19)17(10-16-11)9-15(20)18-7-6-12-4-2-3-5-13(12)18/h2-5,8,10H,6-7,9H2,1H3. The number of fused-ring (bicyclic) bond motifs is 1. The van der Waals surface area contributed by atoms with Crippen molar-refractivity contribution in [3.63, 3.8) is 0 Å². The molecule has 1 aliphatic rings. The molecular weight excluding hydrogens is 254 g/mol. The molecule has 2 heterocycles. The first-order chi connectivity index (χ1) is 9.65. The smallest absolute Gasteiger partial charge is 0.253 e. The number of carbonyl (C=O) groups is 1. The maximum Gasteiger partial charge on any atom is 0.253 e. The zero-order chi connectivity index (χ0) is 14.1. The highest BCUT2D eigenvalue weighted by molar-refractivity contribution is 5.95. The lowest BCUT2D eigenvalue weighted by Gasteiger charge is -2.17. The lowest BCUT2D eigenvalue weighted by molar-refractivity contribution is -0.119. The van der Waals surface area contributed by atoms with Crippen molar-refractivity contribution in [3.8, 4) is 0 Å². The molecule has 5 nitrogen and oxygen atoms in total. The Morgan fingerprint density at radius 2 is 2.15 bits per heavy atom. The number of carbonyl (C=O) groups excluding carboxylic acids is 1. The van der Waals surface area contributed by atoms with Gasteiger partial charge in [-0.15, -0.1) is 0 Å². The maximum atomic E-state index is 12.4. The third-order valence-electron chi connectivity index (χ3n) is 3.51. The largest absolute Gasteiger partial charge is 0.310 e. The van der Waals surface area contributed by atoms with E-state index < -0.39 is 0 Å². The summed E-state index contributed by atoms with van der Waals surface area (Å²) in [6.45, 7) is 2.46. The van der Waals surface area contributed by atoms with E-state index >= 15 is 0 Å². The summed E-state index contributed by atoms with van der Waals surface area (Å²) in [5.74, 6) is -0.0808. The van der Waals surface area contributed by atoms with Crippen molar-refractivity contribution in [3.05, 3.63) is 58.3 Å². The summed E-state index contributed by atoms with van der Waals surface area (Å²) >= 11 is 0. The molecule has 1 amide bonds. The lowest BCUT2D eigenvalue weighted by Crippen LogP contribution is -2.35. The molecule has 0 N–H and O–H groups in total. The molecule has 1 aromatic heterocycles. The van der Waals surface area contributed by atoms with Crippen LogP contribution in [0, 0.1) is 6.92 Å². The van der Waals surface area contributed by atoms with Gasteiger partial charge in [-0.1, -0.05) is 18.2 Å². The monoisotopic (exact) mass is 269 g/mol. The highest BCUT2D eigenvalue weighted by atomic mass is 16.2. The van der Waals surface area contributed by atoms with Crippen molar-refractivity contribution in [2.24, 2.45) is 0 Å². The summed E-state index contributed by atoms with van der Waals surface area (Å²) in [6.07, 6.45) is 2.29. The van der Waals surface area contributed by atoms with Crippen LogP contribution in [-0.2, 0) is 17.8 Å². The Kier molecular flexibility index (Phi) is 3.10. The maximum absolute atomic E-state index is 12.4. The topological polar surface area (TPSA) is 55.2 Å². The van der Waals surface area contributed by atoms with Crippen molar-refractivity contribution in [2.45, 2.75) is 19.9 Å². The Morgan fingerprint density at radius 1 is 1.35 bits per heavy atom. The molecule has 0 spiro atoms. The van der Waals surface area contributed by atoms with Crippen molar-refractivity contribution < 1.29 is 4.79 Å². The van der Waals surface area contributed by atoms with Crippen LogP contribution in [0.3, 0.4) is 0 Å². The van der Waals surface area contributed by atoms with Crippen molar-refractivity contribution >= 4 is 11.6 Å². The first-order valence-corrected chi connectivity index (χ1v) is 6.56. The molecule has 0 atom stereocenters. The summed E-state index contributed by atoms with van der Waals surface area (Å²) in [7, 11) is 0. The number of aromatic nitrogens is 2. The molecule has 20 heavy (non-hydrogen) atoms. The van der Waals surface area contributed by atoms with Crippen LogP contribution in [0.1, 0.15) is 11.3 Å². The molecule has 0 fully saturated rings. The molecule has 102 valence electrons. The van der Waals surface area contributed by atoms with Crippen LogP contribution in [0.15, 0.2) is 41.5 Å².